The van der Waals surface area contributed by atoms with Crippen LogP contribution in [-0.2, 0) is 6.42 Å². The lowest BCUT2D eigenvalue weighted by molar-refractivity contribution is 0.255. The first-order valence-electron chi connectivity index (χ1n) is 8.94. The molecule has 0 N–H and O–H groups in total. The third-order valence-corrected chi connectivity index (χ3v) is 6.10. The van der Waals surface area contributed by atoms with Crippen LogP contribution in [0.1, 0.15) is 76.4 Å². The van der Waals surface area contributed by atoms with Crippen molar-refractivity contribution >= 4 is 11.6 Å². The summed E-state index contributed by atoms with van der Waals surface area (Å²) in [7, 11) is 0. The number of nitrogens with zero attached hydrogens (tertiary/aromatic N) is 2. The zero-order chi connectivity index (χ0) is 14.7. The number of hydrogen-bond donors (Lipinski definition) is 0. The van der Waals surface area contributed by atoms with Gasteiger partial charge in [-0.3, -0.25) is 4.68 Å². The maximum atomic E-state index is 6.60. The molecule has 2 nitrogen and oxygen atoms in total. The van der Waals surface area contributed by atoms with Gasteiger partial charge >= 0.3 is 0 Å². The average molecular weight is 309 g/mol. The van der Waals surface area contributed by atoms with Crippen molar-refractivity contribution in [3.8, 4) is 0 Å². The second-order valence-electron chi connectivity index (χ2n) is 7.17. The second kappa shape index (κ2) is 7.17. The van der Waals surface area contributed by atoms with E-state index in [-0.39, 0.29) is 0 Å². The van der Waals surface area contributed by atoms with Crippen molar-refractivity contribution in [1.82, 2.24) is 9.78 Å². The van der Waals surface area contributed by atoms with Crippen LogP contribution >= 0.6 is 11.6 Å². The molecule has 118 valence electrons. The van der Waals surface area contributed by atoms with Crippen molar-refractivity contribution in [2.45, 2.75) is 82.6 Å². The van der Waals surface area contributed by atoms with Gasteiger partial charge in [0.05, 0.1) is 11.7 Å². The molecule has 3 unspecified atom stereocenters. The van der Waals surface area contributed by atoms with Gasteiger partial charge in [-0.2, -0.15) is 5.10 Å². The lowest BCUT2D eigenvalue weighted by Crippen LogP contribution is -2.27. The molecule has 0 aromatic carbocycles. The first kappa shape index (κ1) is 15.4. The van der Waals surface area contributed by atoms with E-state index in [0.29, 0.717) is 17.3 Å². The van der Waals surface area contributed by atoms with E-state index in [0.717, 1.165) is 12.3 Å². The minimum absolute atomic E-state index is 0.356. The molecule has 3 rings (SSSR count). The van der Waals surface area contributed by atoms with Crippen LogP contribution in [0.25, 0.3) is 0 Å². The summed E-state index contributed by atoms with van der Waals surface area (Å²) in [6, 6.07) is 2.88. The first-order valence-corrected chi connectivity index (χ1v) is 9.38. The Kier molecular flexibility index (Phi) is 5.26. The molecule has 1 heterocycles. The summed E-state index contributed by atoms with van der Waals surface area (Å²) in [6.07, 6.45) is 15.1. The molecule has 0 amide bonds. The lowest BCUT2D eigenvalue weighted by atomic mass is 9.77. The topological polar surface area (TPSA) is 17.8 Å². The molecule has 0 bridgehead atoms. The fraction of sp³-hybridized carbons (Fsp3) is 0.833. The molecular formula is C18H29ClN2. The Morgan fingerprint density at radius 1 is 1.24 bits per heavy atom. The fourth-order valence-electron chi connectivity index (χ4n) is 4.33. The predicted molar refractivity (Wildman–Crippen MR) is 88.8 cm³/mol. The Morgan fingerprint density at radius 2 is 2.05 bits per heavy atom. The summed E-state index contributed by atoms with van der Waals surface area (Å²) in [5.74, 6) is 1.52. The highest BCUT2D eigenvalue weighted by Gasteiger charge is 2.29. The number of aromatic nitrogens is 2. The minimum atomic E-state index is 0.356. The maximum absolute atomic E-state index is 6.60. The molecule has 0 radical (unpaired) electrons. The lowest BCUT2D eigenvalue weighted by Gasteiger charge is -2.32. The predicted octanol–water partition coefficient (Wildman–Crippen LogP) is 5.36. The van der Waals surface area contributed by atoms with Gasteiger partial charge in [-0.25, -0.2) is 0 Å². The number of hydrogen-bond acceptors (Lipinski definition) is 1. The Bertz CT molecular complexity index is 436. The van der Waals surface area contributed by atoms with Crippen molar-refractivity contribution in [3.05, 3.63) is 18.0 Å². The molecule has 1 aromatic heterocycles. The SMILES string of the molecule is CCCC1CCC(Cl)C(Cc2ccn(C3CCCC3)n2)C1. The van der Waals surface area contributed by atoms with Crippen molar-refractivity contribution < 1.29 is 0 Å². The Balaban J connectivity index is 1.59. The van der Waals surface area contributed by atoms with Crippen LogP contribution in [0.3, 0.4) is 0 Å². The van der Waals surface area contributed by atoms with Gasteiger partial charge in [0, 0.05) is 11.6 Å². The Morgan fingerprint density at radius 3 is 2.81 bits per heavy atom. The average Bonchev–Trinajstić information content (AvgIpc) is 3.13. The summed E-state index contributed by atoms with van der Waals surface area (Å²) in [5, 5.41) is 5.21. The monoisotopic (exact) mass is 308 g/mol. The number of halogens is 1. The normalized spacial score (nSPS) is 30.9. The highest BCUT2D eigenvalue weighted by molar-refractivity contribution is 6.20. The van der Waals surface area contributed by atoms with E-state index in [2.05, 4.69) is 23.9 Å². The van der Waals surface area contributed by atoms with E-state index >= 15 is 0 Å². The molecule has 2 aliphatic rings. The first-order chi connectivity index (χ1) is 10.3. The maximum Gasteiger partial charge on any atom is 0.0628 e. The quantitative estimate of drug-likeness (QED) is 0.669. The van der Waals surface area contributed by atoms with Crippen LogP contribution in [0, 0.1) is 11.8 Å². The standard InChI is InChI=1S/C18H29ClN2/c1-2-5-14-8-9-18(19)15(12-14)13-16-10-11-21(20-16)17-6-3-4-7-17/h10-11,14-15,17-18H,2-9,12-13H2,1H3. The van der Waals surface area contributed by atoms with Crippen molar-refractivity contribution in [2.75, 3.05) is 0 Å². The van der Waals surface area contributed by atoms with Crippen LogP contribution in [0.4, 0.5) is 0 Å². The van der Waals surface area contributed by atoms with Crippen LogP contribution in [0.15, 0.2) is 12.3 Å². The van der Waals surface area contributed by atoms with Gasteiger partial charge in [-0.1, -0.05) is 32.6 Å². The zero-order valence-corrected chi connectivity index (χ0v) is 14.1. The molecular weight excluding hydrogens is 280 g/mol. The van der Waals surface area contributed by atoms with Crippen LogP contribution in [0.2, 0.25) is 0 Å². The van der Waals surface area contributed by atoms with Crippen LogP contribution in [-0.4, -0.2) is 15.2 Å². The van der Waals surface area contributed by atoms with Crippen molar-refractivity contribution in [1.29, 1.82) is 0 Å². The van der Waals surface area contributed by atoms with Crippen LogP contribution in [0.5, 0.6) is 0 Å². The number of alkyl halides is 1. The summed E-state index contributed by atoms with van der Waals surface area (Å²) >= 11 is 6.60. The molecule has 2 aliphatic carbocycles. The van der Waals surface area contributed by atoms with Gasteiger partial charge in [-0.15, -0.1) is 11.6 Å². The van der Waals surface area contributed by atoms with Crippen molar-refractivity contribution in [3.63, 3.8) is 0 Å². The summed E-state index contributed by atoms with van der Waals surface area (Å²) in [4.78, 5) is 0. The third kappa shape index (κ3) is 3.83. The molecule has 2 fully saturated rings. The molecule has 0 aliphatic heterocycles. The molecule has 3 heteroatoms. The van der Waals surface area contributed by atoms with Gasteiger partial charge in [-0.05, 0) is 56.4 Å². The van der Waals surface area contributed by atoms with Gasteiger partial charge in [0.2, 0.25) is 0 Å². The van der Waals surface area contributed by atoms with E-state index in [9.17, 15) is 0 Å². The third-order valence-electron chi connectivity index (χ3n) is 5.53. The van der Waals surface area contributed by atoms with Gasteiger partial charge in [0.25, 0.3) is 0 Å². The molecule has 21 heavy (non-hydrogen) atoms. The van der Waals surface area contributed by atoms with E-state index < -0.39 is 0 Å². The van der Waals surface area contributed by atoms with Gasteiger partial charge < -0.3 is 0 Å². The van der Waals surface area contributed by atoms with E-state index in [1.807, 2.05) is 0 Å². The molecule has 3 atom stereocenters. The summed E-state index contributed by atoms with van der Waals surface area (Å²) in [5.41, 5.74) is 1.26. The molecule has 1 aromatic rings. The molecule has 2 saturated carbocycles. The Labute approximate surface area is 134 Å². The molecule has 0 saturated heterocycles. The number of rotatable bonds is 5. The van der Waals surface area contributed by atoms with Crippen LogP contribution < -0.4 is 0 Å². The van der Waals surface area contributed by atoms with E-state index in [4.69, 9.17) is 16.7 Å². The highest BCUT2D eigenvalue weighted by atomic mass is 35.5. The molecule has 0 spiro atoms. The second-order valence-corrected chi connectivity index (χ2v) is 7.73. The van der Waals surface area contributed by atoms with E-state index in [1.165, 1.54) is 63.5 Å². The fourth-order valence-corrected chi connectivity index (χ4v) is 4.65. The minimum Gasteiger partial charge on any atom is -0.269 e. The van der Waals surface area contributed by atoms with Gasteiger partial charge in [0.1, 0.15) is 0 Å². The highest BCUT2D eigenvalue weighted by Crippen LogP contribution is 2.37. The largest absolute Gasteiger partial charge is 0.269 e. The van der Waals surface area contributed by atoms with Gasteiger partial charge in [0.15, 0.2) is 0 Å². The summed E-state index contributed by atoms with van der Waals surface area (Å²) in [6.45, 7) is 2.30. The van der Waals surface area contributed by atoms with E-state index in [1.54, 1.807) is 0 Å². The smallest absolute Gasteiger partial charge is 0.0628 e. The summed E-state index contributed by atoms with van der Waals surface area (Å²) < 4.78 is 2.22. The zero-order valence-electron chi connectivity index (χ0n) is 13.3. The Hall–Kier alpha value is -0.500. The van der Waals surface area contributed by atoms with Crippen molar-refractivity contribution in [2.24, 2.45) is 11.8 Å².